The van der Waals surface area contributed by atoms with Gasteiger partial charge in [0.2, 0.25) is 5.91 Å². The van der Waals surface area contributed by atoms with Crippen molar-refractivity contribution in [3.63, 3.8) is 0 Å². The molecular weight excluding hydrogens is 232 g/mol. The fourth-order valence-corrected chi connectivity index (χ4v) is 2.42. The molecule has 1 saturated heterocycles. The number of carbonyl (C=O) groups is 1. The molecule has 3 nitrogen and oxygen atoms in total. The molecule has 1 aliphatic rings. The van der Waals surface area contributed by atoms with Crippen LogP contribution in [0.25, 0.3) is 0 Å². The van der Waals surface area contributed by atoms with Crippen molar-refractivity contribution in [2.24, 2.45) is 11.3 Å². The van der Waals surface area contributed by atoms with Gasteiger partial charge in [-0.3, -0.25) is 4.79 Å². The van der Waals surface area contributed by atoms with Crippen LogP contribution < -0.4 is 10.6 Å². The van der Waals surface area contributed by atoms with Gasteiger partial charge in [0.1, 0.15) is 0 Å². The van der Waals surface area contributed by atoms with Crippen LogP contribution in [-0.2, 0) is 4.79 Å². The Balaban J connectivity index is 2.62. The lowest BCUT2D eigenvalue weighted by molar-refractivity contribution is -0.132. The first-order chi connectivity index (χ1) is 7.84. The van der Waals surface area contributed by atoms with E-state index in [2.05, 4.69) is 44.6 Å². The van der Waals surface area contributed by atoms with E-state index in [1.165, 1.54) is 0 Å². The summed E-state index contributed by atoms with van der Waals surface area (Å²) in [6, 6.07) is 0. The second-order valence-electron chi connectivity index (χ2n) is 5.88. The minimum Gasteiger partial charge on any atom is -0.354 e. The fraction of sp³-hybridized carbons (Fsp3) is 0.923. The van der Waals surface area contributed by atoms with Gasteiger partial charge in [-0.25, -0.2) is 0 Å². The average molecular weight is 258 g/mol. The quantitative estimate of drug-likeness (QED) is 0.791. The van der Waals surface area contributed by atoms with Gasteiger partial charge in [0.25, 0.3) is 0 Å². The van der Waals surface area contributed by atoms with Crippen molar-refractivity contribution in [3.8, 4) is 0 Å². The summed E-state index contributed by atoms with van der Waals surface area (Å²) in [5, 5.41) is 6.46. The Morgan fingerprint density at radius 2 is 2.18 bits per heavy atom. The Bertz CT molecular complexity index is 271. The maximum atomic E-state index is 12.4. The number of carbonyl (C=O) groups excluding carboxylic acids is 1. The third kappa shape index (κ3) is 3.38. The van der Waals surface area contributed by atoms with Gasteiger partial charge in [-0.05, 0) is 39.0 Å². The Labute approximate surface area is 109 Å². The van der Waals surface area contributed by atoms with Crippen LogP contribution in [-0.4, -0.2) is 36.5 Å². The molecule has 1 heterocycles. The van der Waals surface area contributed by atoms with Gasteiger partial charge >= 0.3 is 0 Å². The first-order valence-electron chi connectivity index (χ1n) is 6.38. The Morgan fingerprint density at radius 3 is 2.59 bits per heavy atom. The Hall–Kier alpha value is -0.220. The summed E-state index contributed by atoms with van der Waals surface area (Å²) >= 11 is 1.79. The summed E-state index contributed by atoms with van der Waals surface area (Å²) < 4.78 is 0.111. The zero-order valence-corrected chi connectivity index (χ0v) is 12.5. The lowest BCUT2D eigenvalue weighted by Gasteiger charge is -2.33. The molecule has 1 unspecified atom stereocenters. The predicted molar refractivity (Wildman–Crippen MR) is 75.4 cm³/mol. The molecule has 4 heteroatoms. The van der Waals surface area contributed by atoms with Crippen molar-refractivity contribution in [3.05, 3.63) is 0 Å². The van der Waals surface area contributed by atoms with Gasteiger partial charge < -0.3 is 10.6 Å². The van der Waals surface area contributed by atoms with E-state index in [-0.39, 0.29) is 16.1 Å². The first-order valence-corrected chi connectivity index (χ1v) is 7.61. The summed E-state index contributed by atoms with van der Waals surface area (Å²) in [4.78, 5) is 12.4. The first kappa shape index (κ1) is 14.8. The van der Waals surface area contributed by atoms with E-state index in [0.29, 0.717) is 5.92 Å². The van der Waals surface area contributed by atoms with E-state index in [0.717, 1.165) is 26.1 Å². The topological polar surface area (TPSA) is 41.1 Å². The molecule has 1 atom stereocenters. The number of nitrogens with one attached hydrogen (secondary N) is 2. The standard InChI is InChI=1S/C13H26N2OS/c1-10(2)13(6-7-14-9-13)11(16)15-8-12(3,4)17-5/h10,14H,6-9H2,1-5H3,(H,15,16). The van der Waals surface area contributed by atoms with Crippen LogP contribution in [0.5, 0.6) is 0 Å². The molecule has 0 radical (unpaired) electrons. The van der Waals surface area contributed by atoms with Crippen LogP contribution in [0.2, 0.25) is 0 Å². The molecule has 17 heavy (non-hydrogen) atoms. The van der Waals surface area contributed by atoms with Gasteiger partial charge in [-0.2, -0.15) is 11.8 Å². The average Bonchev–Trinajstić information content (AvgIpc) is 2.76. The molecule has 1 amide bonds. The van der Waals surface area contributed by atoms with Gasteiger partial charge in [0.05, 0.1) is 5.41 Å². The van der Waals surface area contributed by atoms with E-state index < -0.39 is 0 Å². The smallest absolute Gasteiger partial charge is 0.227 e. The molecule has 100 valence electrons. The molecule has 0 bridgehead atoms. The van der Waals surface area contributed by atoms with Crippen LogP contribution in [0.15, 0.2) is 0 Å². The largest absolute Gasteiger partial charge is 0.354 e. The third-order valence-electron chi connectivity index (χ3n) is 3.97. The number of hydrogen-bond donors (Lipinski definition) is 2. The zero-order valence-electron chi connectivity index (χ0n) is 11.7. The normalized spacial score (nSPS) is 25.3. The highest BCUT2D eigenvalue weighted by Crippen LogP contribution is 2.34. The van der Waals surface area contributed by atoms with Crippen LogP contribution in [0.3, 0.4) is 0 Å². The molecule has 0 aromatic rings. The van der Waals surface area contributed by atoms with E-state index in [1.807, 2.05) is 0 Å². The number of amides is 1. The summed E-state index contributed by atoms with van der Waals surface area (Å²) in [5.41, 5.74) is -0.200. The SMILES string of the molecule is CSC(C)(C)CNC(=O)C1(C(C)C)CCNC1. The van der Waals surface area contributed by atoms with Crippen molar-refractivity contribution in [1.29, 1.82) is 0 Å². The molecule has 1 rings (SSSR count). The van der Waals surface area contributed by atoms with E-state index in [9.17, 15) is 4.79 Å². The van der Waals surface area contributed by atoms with Crippen molar-refractivity contribution in [2.75, 3.05) is 25.9 Å². The molecule has 0 saturated carbocycles. The van der Waals surface area contributed by atoms with Crippen molar-refractivity contribution >= 4 is 17.7 Å². The highest BCUT2D eigenvalue weighted by Gasteiger charge is 2.43. The second-order valence-corrected chi connectivity index (χ2v) is 7.40. The van der Waals surface area contributed by atoms with Crippen LogP contribution >= 0.6 is 11.8 Å². The zero-order chi connectivity index (χ0) is 13.1. The molecular formula is C13H26N2OS. The van der Waals surface area contributed by atoms with E-state index in [4.69, 9.17) is 0 Å². The molecule has 1 fully saturated rings. The Kier molecular flexibility index (Phi) is 4.90. The van der Waals surface area contributed by atoms with Gasteiger partial charge in [-0.15, -0.1) is 0 Å². The Morgan fingerprint density at radius 1 is 1.53 bits per heavy atom. The maximum Gasteiger partial charge on any atom is 0.227 e. The maximum absolute atomic E-state index is 12.4. The summed E-state index contributed by atoms with van der Waals surface area (Å²) in [6.45, 7) is 11.1. The highest BCUT2D eigenvalue weighted by molar-refractivity contribution is 7.99. The minimum absolute atomic E-state index is 0.111. The van der Waals surface area contributed by atoms with E-state index in [1.54, 1.807) is 11.8 Å². The molecule has 0 spiro atoms. The van der Waals surface area contributed by atoms with Gasteiger partial charge in [-0.1, -0.05) is 13.8 Å². The van der Waals surface area contributed by atoms with Gasteiger partial charge in [0, 0.05) is 17.8 Å². The van der Waals surface area contributed by atoms with E-state index >= 15 is 0 Å². The van der Waals surface area contributed by atoms with Crippen molar-refractivity contribution < 1.29 is 4.79 Å². The van der Waals surface area contributed by atoms with Crippen LogP contribution in [0.1, 0.15) is 34.1 Å². The van der Waals surface area contributed by atoms with Gasteiger partial charge in [0.15, 0.2) is 0 Å². The third-order valence-corrected chi connectivity index (χ3v) is 5.22. The molecule has 2 N–H and O–H groups in total. The van der Waals surface area contributed by atoms with Crippen LogP contribution in [0, 0.1) is 11.3 Å². The summed E-state index contributed by atoms with van der Waals surface area (Å²) in [5.74, 6) is 0.606. The molecule has 0 aromatic heterocycles. The number of hydrogen-bond acceptors (Lipinski definition) is 3. The number of rotatable bonds is 5. The van der Waals surface area contributed by atoms with Crippen molar-refractivity contribution in [1.82, 2.24) is 10.6 Å². The van der Waals surface area contributed by atoms with Crippen molar-refractivity contribution in [2.45, 2.75) is 38.9 Å². The molecule has 1 aliphatic heterocycles. The summed E-state index contributed by atoms with van der Waals surface area (Å²) in [6.07, 6.45) is 3.04. The number of thioether (sulfide) groups is 1. The second kappa shape index (κ2) is 5.61. The molecule has 0 aliphatic carbocycles. The lowest BCUT2D eigenvalue weighted by atomic mass is 9.75. The monoisotopic (exact) mass is 258 g/mol. The van der Waals surface area contributed by atoms with Crippen LogP contribution in [0.4, 0.5) is 0 Å². The highest BCUT2D eigenvalue weighted by atomic mass is 32.2. The fourth-order valence-electron chi connectivity index (χ4n) is 2.20. The lowest BCUT2D eigenvalue weighted by Crippen LogP contribution is -2.49. The summed E-state index contributed by atoms with van der Waals surface area (Å²) in [7, 11) is 0. The minimum atomic E-state index is -0.200. The predicted octanol–water partition coefficient (Wildman–Crippen LogP) is 1.88. The molecule has 0 aromatic carbocycles.